The highest BCUT2D eigenvalue weighted by Crippen LogP contribution is 2.38. The summed E-state index contributed by atoms with van der Waals surface area (Å²) in [5, 5.41) is 0. The number of carbonyl (C=O) groups is 2. The van der Waals surface area contributed by atoms with Crippen molar-refractivity contribution < 1.29 is 14.3 Å². The maximum absolute atomic E-state index is 14.5. The molecule has 7 nitrogen and oxygen atoms in total. The SMILES string of the molecule is CCOC(=O)C1=C(c2ccccc2)N=c2s/c(=C3/C(=O)N(CC)c4ccc(Br)cc43)c(=O)n2[C@H]1c1ccc(C(C)C)cc1. The number of anilines is 1. The molecule has 9 heteroatoms. The fourth-order valence-corrected chi connectivity index (χ4v) is 7.16. The van der Waals surface area contributed by atoms with Crippen LogP contribution in [0.5, 0.6) is 0 Å². The summed E-state index contributed by atoms with van der Waals surface area (Å²) < 4.78 is 8.22. The van der Waals surface area contributed by atoms with E-state index in [1.165, 1.54) is 11.3 Å². The predicted molar refractivity (Wildman–Crippen MR) is 173 cm³/mol. The van der Waals surface area contributed by atoms with Crippen molar-refractivity contribution in [2.45, 2.75) is 39.7 Å². The number of rotatable bonds is 6. The smallest absolute Gasteiger partial charge is 0.338 e. The van der Waals surface area contributed by atoms with Gasteiger partial charge in [-0.1, -0.05) is 95.7 Å². The second-order valence-electron chi connectivity index (χ2n) is 10.7. The summed E-state index contributed by atoms with van der Waals surface area (Å²) in [6.07, 6.45) is 0. The van der Waals surface area contributed by atoms with Crippen LogP contribution in [0.2, 0.25) is 0 Å². The highest BCUT2D eigenvalue weighted by Gasteiger charge is 2.38. The van der Waals surface area contributed by atoms with Crippen molar-refractivity contribution in [1.29, 1.82) is 0 Å². The van der Waals surface area contributed by atoms with Crippen LogP contribution in [0, 0.1) is 0 Å². The van der Waals surface area contributed by atoms with Gasteiger partial charge in [0, 0.05) is 22.1 Å². The third-order valence-corrected chi connectivity index (χ3v) is 9.34. The lowest BCUT2D eigenvalue weighted by Crippen LogP contribution is -2.41. The molecule has 1 aromatic heterocycles. The van der Waals surface area contributed by atoms with Crippen molar-refractivity contribution in [3.05, 3.63) is 125 Å². The lowest BCUT2D eigenvalue weighted by Gasteiger charge is -2.26. The summed E-state index contributed by atoms with van der Waals surface area (Å²) in [6.45, 7) is 8.53. The Morgan fingerprint density at radius 1 is 1.02 bits per heavy atom. The molecule has 43 heavy (non-hydrogen) atoms. The number of halogens is 1. The Kier molecular flexibility index (Phi) is 7.79. The number of fused-ring (bicyclic) bond motifs is 2. The predicted octanol–water partition coefficient (Wildman–Crippen LogP) is 5.56. The number of ether oxygens (including phenoxy) is 1. The first-order valence-corrected chi connectivity index (χ1v) is 15.9. The van der Waals surface area contributed by atoms with Crippen LogP contribution in [-0.2, 0) is 14.3 Å². The number of thiazole rings is 1. The molecule has 1 atom stereocenters. The van der Waals surface area contributed by atoms with Gasteiger partial charge in [0.15, 0.2) is 4.80 Å². The van der Waals surface area contributed by atoms with Crippen molar-refractivity contribution in [2.75, 3.05) is 18.1 Å². The first kappa shape index (κ1) is 29.0. The van der Waals surface area contributed by atoms with E-state index in [2.05, 4.69) is 29.8 Å². The Morgan fingerprint density at radius 3 is 2.40 bits per heavy atom. The molecule has 0 N–H and O–H groups in total. The minimum absolute atomic E-state index is 0.172. The molecule has 2 aliphatic rings. The lowest BCUT2D eigenvalue weighted by molar-refractivity contribution is -0.138. The van der Waals surface area contributed by atoms with Gasteiger partial charge in [-0.05, 0) is 49.1 Å². The maximum atomic E-state index is 14.5. The van der Waals surface area contributed by atoms with Crippen LogP contribution in [0.25, 0.3) is 11.3 Å². The van der Waals surface area contributed by atoms with E-state index in [1.807, 2.05) is 79.7 Å². The summed E-state index contributed by atoms with van der Waals surface area (Å²) in [5.41, 5.74) is 4.79. The molecule has 2 aliphatic heterocycles. The number of likely N-dealkylation sites (N-methyl/N-ethyl adjacent to an activating group) is 1. The van der Waals surface area contributed by atoms with Gasteiger partial charge in [0.05, 0.1) is 35.2 Å². The van der Waals surface area contributed by atoms with Gasteiger partial charge in [0.2, 0.25) is 0 Å². The molecule has 4 aromatic rings. The van der Waals surface area contributed by atoms with Gasteiger partial charge in [0.1, 0.15) is 4.53 Å². The molecule has 0 saturated heterocycles. The van der Waals surface area contributed by atoms with Crippen molar-refractivity contribution in [2.24, 2.45) is 4.99 Å². The van der Waals surface area contributed by atoms with E-state index in [0.717, 1.165) is 26.9 Å². The van der Waals surface area contributed by atoms with Gasteiger partial charge < -0.3 is 9.64 Å². The van der Waals surface area contributed by atoms with E-state index < -0.39 is 12.0 Å². The zero-order chi connectivity index (χ0) is 30.4. The van der Waals surface area contributed by atoms with E-state index in [0.29, 0.717) is 38.6 Å². The van der Waals surface area contributed by atoms with Gasteiger partial charge >= 0.3 is 5.97 Å². The van der Waals surface area contributed by atoms with Crippen molar-refractivity contribution >= 4 is 56.1 Å². The Balaban J connectivity index is 1.71. The monoisotopic (exact) mass is 655 g/mol. The van der Waals surface area contributed by atoms with Gasteiger partial charge in [-0.3, -0.25) is 14.2 Å². The fraction of sp³-hybridized carbons (Fsp3) is 0.235. The molecule has 0 saturated carbocycles. The topological polar surface area (TPSA) is 81.0 Å². The normalized spacial score (nSPS) is 17.2. The van der Waals surface area contributed by atoms with Crippen LogP contribution in [0.4, 0.5) is 5.69 Å². The lowest BCUT2D eigenvalue weighted by atomic mass is 9.91. The first-order valence-electron chi connectivity index (χ1n) is 14.3. The van der Waals surface area contributed by atoms with E-state index in [1.54, 1.807) is 16.4 Å². The highest BCUT2D eigenvalue weighted by atomic mass is 79.9. The number of nitrogens with zero attached hydrogens (tertiary/aromatic N) is 3. The van der Waals surface area contributed by atoms with Crippen molar-refractivity contribution in [3.8, 4) is 0 Å². The van der Waals surface area contributed by atoms with Crippen LogP contribution in [0.15, 0.2) is 92.6 Å². The van der Waals surface area contributed by atoms with Crippen LogP contribution in [-0.4, -0.2) is 29.6 Å². The number of aromatic nitrogens is 1. The van der Waals surface area contributed by atoms with Crippen LogP contribution >= 0.6 is 27.3 Å². The Morgan fingerprint density at radius 2 is 1.74 bits per heavy atom. The third-order valence-electron chi connectivity index (χ3n) is 7.79. The van der Waals surface area contributed by atoms with E-state index >= 15 is 0 Å². The van der Waals surface area contributed by atoms with Gasteiger partial charge in [-0.25, -0.2) is 9.79 Å². The van der Waals surface area contributed by atoms with Crippen LogP contribution in [0.1, 0.15) is 61.9 Å². The molecule has 0 aliphatic carbocycles. The standard InChI is InChI=1S/C34H30BrN3O4S/c1-5-37-25-17-16-23(35)18-24(25)26(31(37)39)30-32(40)38-29(22-14-12-20(13-15-22)19(3)4)27(33(41)42-6-2)28(36-34(38)43-30)21-10-8-7-9-11-21/h7-19,29H,5-6H2,1-4H3/b30-26+/t29-/m0/s1. The molecule has 0 radical (unpaired) electrons. The quantitative estimate of drug-likeness (QED) is 0.255. The Bertz CT molecular complexity index is 1970. The molecule has 3 aromatic carbocycles. The average Bonchev–Trinajstić information content (AvgIpc) is 3.47. The van der Waals surface area contributed by atoms with Gasteiger partial charge in [-0.2, -0.15) is 0 Å². The zero-order valence-corrected chi connectivity index (χ0v) is 26.7. The molecule has 0 unspecified atom stereocenters. The molecule has 6 rings (SSSR count). The molecule has 0 spiro atoms. The summed E-state index contributed by atoms with van der Waals surface area (Å²) in [6, 6.07) is 22.3. The summed E-state index contributed by atoms with van der Waals surface area (Å²) in [7, 11) is 0. The number of carbonyl (C=O) groups excluding carboxylic acids is 2. The van der Waals surface area contributed by atoms with Gasteiger partial charge in [0.25, 0.3) is 11.5 Å². The number of esters is 1. The minimum atomic E-state index is -0.804. The third kappa shape index (κ3) is 4.90. The molecule has 0 bridgehead atoms. The van der Waals surface area contributed by atoms with E-state index in [-0.39, 0.29) is 23.6 Å². The van der Waals surface area contributed by atoms with E-state index in [4.69, 9.17) is 9.73 Å². The van der Waals surface area contributed by atoms with E-state index in [9.17, 15) is 14.4 Å². The maximum Gasteiger partial charge on any atom is 0.338 e. The molecular weight excluding hydrogens is 626 g/mol. The second-order valence-corrected chi connectivity index (χ2v) is 12.6. The summed E-state index contributed by atoms with van der Waals surface area (Å²) in [4.78, 5) is 49.0. The molecule has 0 fully saturated rings. The summed E-state index contributed by atoms with van der Waals surface area (Å²) >= 11 is 4.71. The van der Waals surface area contributed by atoms with Crippen molar-refractivity contribution in [1.82, 2.24) is 4.57 Å². The van der Waals surface area contributed by atoms with Gasteiger partial charge in [-0.15, -0.1) is 0 Å². The molecular formula is C34H30BrN3O4S. The number of amides is 1. The number of benzene rings is 3. The summed E-state index contributed by atoms with van der Waals surface area (Å²) in [5.74, 6) is -0.456. The second kappa shape index (κ2) is 11.5. The Hall–Kier alpha value is -4.08. The Labute approximate surface area is 261 Å². The van der Waals surface area contributed by atoms with Crippen LogP contribution in [0.3, 0.4) is 0 Å². The number of hydrogen-bond donors (Lipinski definition) is 0. The molecule has 3 heterocycles. The number of hydrogen-bond acceptors (Lipinski definition) is 6. The molecule has 1 amide bonds. The average molecular weight is 657 g/mol. The largest absolute Gasteiger partial charge is 0.463 e. The fourth-order valence-electron chi connectivity index (χ4n) is 5.71. The molecule has 218 valence electrons. The highest BCUT2D eigenvalue weighted by molar-refractivity contribution is 9.10. The van der Waals surface area contributed by atoms with Crippen molar-refractivity contribution in [3.63, 3.8) is 0 Å². The zero-order valence-electron chi connectivity index (χ0n) is 24.3. The first-order chi connectivity index (χ1) is 20.7. The minimum Gasteiger partial charge on any atom is -0.463 e. The van der Waals surface area contributed by atoms with Crippen LogP contribution < -0.4 is 19.8 Å².